The zero-order valence-corrected chi connectivity index (χ0v) is 11.6. The van der Waals surface area contributed by atoms with Crippen LogP contribution in [0.2, 0.25) is 0 Å². The van der Waals surface area contributed by atoms with Gasteiger partial charge in [0.25, 0.3) is 0 Å². The summed E-state index contributed by atoms with van der Waals surface area (Å²) < 4.78 is 5.65. The minimum Gasteiger partial charge on any atom is -0.464 e. The van der Waals surface area contributed by atoms with Crippen LogP contribution in [-0.4, -0.2) is 25.2 Å². The van der Waals surface area contributed by atoms with Gasteiger partial charge in [-0.05, 0) is 81.1 Å². The van der Waals surface area contributed by atoms with Crippen molar-refractivity contribution < 1.29 is 9.53 Å². The summed E-state index contributed by atoms with van der Waals surface area (Å²) in [4.78, 5) is 12.0. The topological polar surface area (TPSA) is 38.3 Å². The van der Waals surface area contributed by atoms with E-state index in [1.165, 1.54) is 32.1 Å². The molecule has 1 aliphatic heterocycles. The largest absolute Gasteiger partial charge is 0.464 e. The summed E-state index contributed by atoms with van der Waals surface area (Å²) in [6.07, 6.45) is 9.21. The van der Waals surface area contributed by atoms with Crippen LogP contribution >= 0.6 is 0 Å². The minimum atomic E-state index is -0.0168. The van der Waals surface area contributed by atoms with Gasteiger partial charge in [-0.3, -0.25) is 4.79 Å². The van der Waals surface area contributed by atoms with Gasteiger partial charge in [0.1, 0.15) is 6.04 Å². The molecule has 1 heterocycles. The maximum absolute atomic E-state index is 12.0. The fourth-order valence-electron chi connectivity index (χ4n) is 5.47. The molecule has 4 aliphatic carbocycles. The predicted octanol–water partition coefficient (Wildman–Crippen LogP) is 2.35. The van der Waals surface area contributed by atoms with Crippen molar-refractivity contribution in [1.29, 1.82) is 0 Å². The monoisotopic (exact) mass is 263 g/mol. The second-order valence-corrected chi connectivity index (χ2v) is 7.37. The number of esters is 1. The van der Waals surface area contributed by atoms with Gasteiger partial charge in [0, 0.05) is 0 Å². The van der Waals surface area contributed by atoms with Gasteiger partial charge in [0.15, 0.2) is 0 Å². The molecule has 3 heteroatoms. The average molecular weight is 263 g/mol. The molecule has 0 amide bonds. The molecule has 1 N–H and O–H groups in total. The van der Waals surface area contributed by atoms with E-state index in [1.54, 1.807) is 0 Å². The van der Waals surface area contributed by atoms with Crippen molar-refractivity contribution >= 4 is 5.97 Å². The first-order valence-corrected chi connectivity index (χ1v) is 8.19. The molecular weight excluding hydrogens is 238 g/mol. The molecule has 19 heavy (non-hydrogen) atoms. The van der Waals surface area contributed by atoms with Crippen LogP contribution in [0, 0.1) is 29.6 Å². The van der Waals surface area contributed by atoms with Crippen molar-refractivity contribution in [3.63, 3.8) is 0 Å². The Labute approximate surface area is 115 Å². The maximum Gasteiger partial charge on any atom is 0.323 e. The van der Waals surface area contributed by atoms with E-state index in [-0.39, 0.29) is 12.0 Å². The van der Waals surface area contributed by atoms with Crippen molar-refractivity contribution in [1.82, 2.24) is 5.32 Å². The van der Waals surface area contributed by atoms with Crippen LogP contribution in [0.4, 0.5) is 0 Å². The number of hydrogen-bond acceptors (Lipinski definition) is 3. The molecule has 0 aromatic carbocycles. The summed E-state index contributed by atoms with van der Waals surface area (Å²) in [6.45, 7) is 1.67. The average Bonchev–Trinajstić information content (AvgIpc) is 2.90. The Hall–Kier alpha value is -0.570. The van der Waals surface area contributed by atoms with Gasteiger partial charge in [0.2, 0.25) is 0 Å². The molecule has 5 rings (SSSR count). The van der Waals surface area contributed by atoms with E-state index in [4.69, 9.17) is 4.74 Å². The molecule has 4 bridgehead atoms. The van der Waals surface area contributed by atoms with E-state index in [1.807, 2.05) is 0 Å². The minimum absolute atomic E-state index is 0.00584. The molecule has 0 aromatic rings. The summed E-state index contributed by atoms with van der Waals surface area (Å²) in [5, 5.41) is 3.23. The van der Waals surface area contributed by atoms with Crippen LogP contribution in [0.25, 0.3) is 0 Å². The summed E-state index contributed by atoms with van der Waals surface area (Å²) in [6, 6.07) is -0.0168. The maximum atomic E-state index is 12.0. The van der Waals surface area contributed by atoms with Gasteiger partial charge in [-0.15, -0.1) is 0 Å². The van der Waals surface area contributed by atoms with E-state index in [0.717, 1.165) is 43.1 Å². The number of ether oxygens (including phenoxy) is 1. The van der Waals surface area contributed by atoms with Crippen molar-refractivity contribution in [2.24, 2.45) is 29.6 Å². The van der Waals surface area contributed by atoms with Gasteiger partial charge in [0.05, 0.1) is 6.61 Å². The highest BCUT2D eigenvalue weighted by Gasteiger charge is 2.48. The third-order valence-electron chi connectivity index (χ3n) is 6.18. The van der Waals surface area contributed by atoms with Crippen molar-refractivity contribution in [3.8, 4) is 0 Å². The third kappa shape index (κ3) is 2.20. The van der Waals surface area contributed by atoms with Crippen LogP contribution in [0.5, 0.6) is 0 Å². The fourth-order valence-corrected chi connectivity index (χ4v) is 5.47. The molecule has 5 aliphatic rings. The number of hydrogen-bond donors (Lipinski definition) is 1. The summed E-state index contributed by atoms with van der Waals surface area (Å²) in [5.74, 6) is 4.42. The highest BCUT2D eigenvalue weighted by atomic mass is 16.5. The molecule has 0 spiro atoms. The van der Waals surface area contributed by atoms with E-state index in [0.29, 0.717) is 12.5 Å². The van der Waals surface area contributed by atoms with Gasteiger partial charge in [-0.25, -0.2) is 0 Å². The number of nitrogens with one attached hydrogen (secondary N) is 1. The molecule has 1 unspecified atom stereocenters. The normalized spacial score (nSPS) is 47.6. The quantitative estimate of drug-likeness (QED) is 0.794. The molecule has 4 saturated carbocycles. The van der Waals surface area contributed by atoms with E-state index in [2.05, 4.69) is 5.32 Å². The lowest BCUT2D eigenvalue weighted by molar-refractivity contribution is -0.152. The summed E-state index contributed by atoms with van der Waals surface area (Å²) >= 11 is 0. The number of carbonyl (C=O) groups is 1. The lowest BCUT2D eigenvalue weighted by Gasteiger charge is -2.54. The predicted molar refractivity (Wildman–Crippen MR) is 72.5 cm³/mol. The SMILES string of the molecule is O=C(OCC1C2CC3CC(C2)CC1C3)C1CCCN1. The second-order valence-electron chi connectivity index (χ2n) is 7.37. The molecular formula is C16H25NO2. The van der Waals surface area contributed by atoms with Crippen molar-refractivity contribution in [3.05, 3.63) is 0 Å². The molecule has 0 aromatic heterocycles. The smallest absolute Gasteiger partial charge is 0.323 e. The summed E-state index contributed by atoms with van der Waals surface area (Å²) in [5.41, 5.74) is 0. The molecule has 1 atom stereocenters. The third-order valence-corrected chi connectivity index (χ3v) is 6.18. The highest BCUT2D eigenvalue weighted by Crippen LogP contribution is 2.56. The van der Waals surface area contributed by atoms with E-state index in [9.17, 15) is 4.79 Å². The Kier molecular flexibility index (Phi) is 3.06. The zero-order valence-electron chi connectivity index (χ0n) is 11.6. The van der Waals surface area contributed by atoms with Crippen LogP contribution in [0.1, 0.15) is 44.9 Å². The Balaban J connectivity index is 1.34. The highest BCUT2D eigenvalue weighted by molar-refractivity contribution is 5.76. The fraction of sp³-hybridized carbons (Fsp3) is 0.938. The molecule has 106 valence electrons. The first-order valence-electron chi connectivity index (χ1n) is 8.19. The Morgan fingerprint density at radius 2 is 1.74 bits per heavy atom. The zero-order chi connectivity index (χ0) is 12.8. The molecule has 1 saturated heterocycles. The van der Waals surface area contributed by atoms with Gasteiger partial charge >= 0.3 is 5.97 Å². The molecule has 3 nitrogen and oxygen atoms in total. The Morgan fingerprint density at radius 1 is 1.05 bits per heavy atom. The van der Waals surface area contributed by atoms with E-state index >= 15 is 0 Å². The van der Waals surface area contributed by atoms with Crippen molar-refractivity contribution in [2.75, 3.05) is 13.2 Å². The Morgan fingerprint density at radius 3 is 2.32 bits per heavy atom. The lowest BCUT2D eigenvalue weighted by atomic mass is 9.52. The first-order chi connectivity index (χ1) is 9.29. The van der Waals surface area contributed by atoms with E-state index < -0.39 is 0 Å². The standard InChI is InChI=1S/C16H25NO2/c18-16(15-2-1-3-17-15)19-9-14-12-5-10-4-11(7-12)8-13(14)6-10/h10-15,17H,1-9H2. The number of rotatable bonds is 3. The van der Waals surface area contributed by atoms with Crippen LogP contribution < -0.4 is 5.32 Å². The van der Waals surface area contributed by atoms with Gasteiger partial charge in [-0.1, -0.05) is 0 Å². The van der Waals surface area contributed by atoms with Gasteiger partial charge in [-0.2, -0.15) is 0 Å². The van der Waals surface area contributed by atoms with Crippen LogP contribution in [0.3, 0.4) is 0 Å². The van der Waals surface area contributed by atoms with Crippen molar-refractivity contribution in [2.45, 2.75) is 51.0 Å². The first kappa shape index (κ1) is 12.2. The van der Waals surface area contributed by atoms with Crippen LogP contribution in [-0.2, 0) is 9.53 Å². The Bertz CT molecular complexity index is 334. The molecule has 0 radical (unpaired) electrons. The van der Waals surface area contributed by atoms with Gasteiger partial charge < -0.3 is 10.1 Å². The molecule has 5 fully saturated rings. The van der Waals surface area contributed by atoms with Crippen LogP contribution in [0.15, 0.2) is 0 Å². The number of carbonyl (C=O) groups excluding carboxylic acids is 1. The summed E-state index contributed by atoms with van der Waals surface area (Å²) in [7, 11) is 0. The second kappa shape index (κ2) is 4.76. The lowest BCUT2D eigenvalue weighted by Crippen LogP contribution is -2.47.